The summed E-state index contributed by atoms with van der Waals surface area (Å²) in [5.74, 6) is 0.563. The summed E-state index contributed by atoms with van der Waals surface area (Å²) in [5, 5.41) is 3.95. The van der Waals surface area contributed by atoms with Crippen LogP contribution in [0.2, 0.25) is 10.0 Å². The van der Waals surface area contributed by atoms with Crippen molar-refractivity contribution >= 4 is 52.1 Å². The summed E-state index contributed by atoms with van der Waals surface area (Å²) in [7, 11) is 0. The number of hydrogen-bond acceptors (Lipinski definition) is 7. The molecule has 8 nitrogen and oxygen atoms in total. The van der Waals surface area contributed by atoms with Crippen molar-refractivity contribution in [2.24, 2.45) is 0 Å². The van der Waals surface area contributed by atoms with Crippen molar-refractivity contribution in [1.29, 1.82) is 0 Å². The molecule has 0 unspecified atom stereocenters. The van der Waals surface area contributed by atoms with Crippen molar-refractivity contribution in [3.8, 4) is 5.75 Å². The molecule has 2 aromatic carbocycles. The summed E-state index contributed by atoms with van der Waals surface area (Å²) in [6, 6.07) is 12.8. The van der Waals surface area contributed by atoms with Crippen LogP contribution in [0.15, 0.2) is 48.8 Å². The third kappa shape index (κ3) is 6.63. The molecule has 0 saturated heterocycles. The maximum absolute atomic E-state index is 12.1. The van der Waals surface area contributed by atoms with Crippen LogP contribution in [-0.4, -0.2) is 22.5 Å². The van der Waals surface area contributed by atoms with Crippen LogP contribution in [0.5, 0.6) is 5.75 Å². The van der Waals surface area contributed by atoms with Gasteiger partial charge in [0.2, 0.25) is 0 Å². The van der Waals surface area contributed by atoms with Crippen molar-refractivity contribution < 1.29 is 9.53 Å². The number of hydrogen-bond donors (Lipinski definition) is 4. The summed E-state index contributed by atoms with van der Waals surface area (Å²) < 4.78 is 5.39. The van der Waals surface area contributed by atoms with E-state index in [1.165, 1.54) is 18.0 Å². The number of rotatable bonds is 10. The summed E-state index contributed by atoms with van der Waals surface area (Å²) in [6.45, 7) is 1.90. The van der Waals surface area contributed by atoms with Crippen molar-refractivity contribution in [3.05, 3.63) is 64.4 Å². The highest BCUT2D eigenvalue weighted by molar-refractivity contribution is 6.35. The van der Waals surface area contributed by atoms with Crippen molar-refractivity contribution in [2.45, 2.75) is 26.2 Å². The van der Waals surface area contributed by atoms with Gasteiger partial charge in [-0.05, 0) is 48.7 Å². The topological polar surface area (TPSA) is 114 Å². The molecule has 0 radical (unpaired) electrons. The first kappa shape index (κ1) is 23.4. The van der Waals surface area contributed by atoms with Gasteiger partial charge in [-0.1, -0.05) is 48.7 Å². The Labute approximate surface area is 196 Å². The van der Waals surface area contributed by atoms with E-state index in [9.17, 15) is 4.79 Å². The van der Waals surface area contributed by atoms with Crippen LogP contribution in [0, 0.1) is 0 Å². The van der Waals surface area contributed by atoms with Crippen molar-refractivity contribution in [1.82, 2.24) is 15.4 Å². The number of nitrogens with zero attached hydrogens (tertiary/aromatic N) is 2. The van der Waals surface area contributed by atoms with E-state index in [0.717, 1.165) is 24.9 Å². The number of nitrogen functional groups attached to an aromatic ring is 1. The number of aromatic nitrogens is 2. The van der Waals surface area contributed by atoms with E-state index in [1.54, 1.807) is 12.1 Å². The molecule has 0 aliphatic carbocycles. The zero-order valence-corrected chi connectivity index (χ0v) is 19.0. The zero-order valence-electron chi connectivity index (χ0n) is 17.5. The fourth-order valence-electron chi connectivity index (χ4n) is 2.77. The highest BCUT2D eigenvalue weighted by Gasteiger charge is 2.11. The lowest BCUT2D eigenvalue weighted by Gasteiger charge is -2.14. The van der Waals surface area contributed by atoms with Crippen LogP contribution in [0.1, 0.15) is 25.3 Å². The van der Waals surface area contributed by atoms with Crippen LogP contribution < -0.4 is 26.6 Å². The molecule has 0 spiro atoms. The minimum atomic E-state index is -0.453. The number of nitrogens with two attached hydrogens (primary N) is 1. The summed E-state index contributed by atoms with van der Waals surface area (Å²) in [6.07, 6.45) is 4.70. The molecule has 0 bridgehead atoms. The van der Waals surface area contributed by atoms with Crippen LogP contribution in [0.25, 0.3) is 0 Å². The Balaban J connectivity index is 1.55. The standard InChI is InChI=1S/C22H24Cl2N6O2/c1-2-3-4-14-5-8-16(9-6-14)28-21-20(25)22(27-13-26-21)30-29-19(31)12-32-18-10-7-15(23)11-17(18)24/h5-11,13H,2-4,12,25H2,1H3,(H,29,31)(H2,26,27,28,30). The van der Waals surface area contributed by atoms with E-state index in [1.807, 2.05) is 12.1 Å². The number of benzene rings is 2. The summed E-state index contributed by atoms with van der Waals surface area (Å²) in [5.41, 5.74) is 13.7. The quantitative estimate of drug-likeness (QED) is 0.306. The smallest absolute Gasteiger partial charge is 0.276 e. The third-order valence-corrected chi connectivity index (χ3v) is 5.02. The number of halogens is 2. The minimum Gasteiger partial charge on any atom is -0.482 e. The Hall–Kier alpha value is -3.23. The second-order valence-corrected chi connectivity index (χ2v) is 7.79. The first-order chi connectivity index (χ1) is 15.5. The van der Waals surface area contributed by atoms with Gasteiger partial charge in [-0.2, -0.15) is 0 Å². The van der Waals surface area contributed by atoms with Gasteiger partial charge in [-0.25, -0.2) is 9.97 Å². The molecule has 0 atom stereocenters. The molecule has 168 valence electrons. The number of carbonyl (C=O) groups excluding carboxylic acids is 1. The van der Waals surface area contributed by atoms with Crippen LogP contribution in [-0.2, 0) is 11.2 Å². The van der Waals surface area contributed by atoms with Gasteiger partial charge in [0.1, 0.15) is 17.8 Å². The number of nitrogens with one attached hydrogen (secondary N) is 3. The molecule has 0 aliphatic rings. The Kier molecular flexibility index (Phi) is 8.35. The molecule has 0 fully saturated rings. The lowest BCUT2D eigenvalue weighted by Crippen LogP contribution is -2.34. The lowest BCUT2D eigenvalue weighted by atomic mass is 10.1. The molecule has 1 aromatic heterocycles. The van der Waals surface area contributed by atoms with Crippen LogP contribution in [0.4, 0.5) is 23.0 Å². The molecule has 1 heterocycles. The fourth-order valence-corrected chi connectivity index (χ4v) is 3.23. The maximum atomic E-state index is 12.1. The molecular weight excluding hydrogens is 451 g/mol. The average Bonchev–Trinajstić information content (AvgIpc) is 2.78. The number of carbonyl (C=O) groups is 1. The first-order valence-corrected chi connectivity index (χ1v) is 10.8. The Morgan fingerprint density at radius 1 is 1.09 bits per heavy atom. The van der Waals surface area contributed by atoms with Gasteiger partial charge in [0.15, 0.2) is 18.2 Å². The number of aryl methyl sites for hydroxylation is 1. The normalized spacial score (nSPS) is 10.5. The van der Waals surface area contributed by atoms with E-state index in [2.05, 4.69) is 45.2 Å². The van der Waals surface area contributed by atoms with E-state index in [0.29, 0.717) is 21.6 Å². The van der Waals surface area contributed by atoms with Gasteiger partial charge < -0.3 is 15.8 Å². The van der Waals surface area contributed by atoms with E-state index in [-0.39, 0.29) is 18.1 Å². The Morgan fingerprint density at radius 2 is 1.84 bits per heavy atom. The maximum Gasteiger partial charge on any atom is 0.276 e. The molecule has 0 aliphatic heterocycles. The summed E-state index contributed by atoms with van der Waals surface area (Å²) >= 11 is 11.9. The minimum absolute atomic E-state index is 0.250. The number of unbranched alkanes of at least 4 members (excludes halogenated alkanes) is 1. The number of amides is 1. The van der Waals surface area contributed by atoms with Gasteiger partial charge in [-0.3, -0.25) is 15.6 Å². The largest absolute Gasteiger partial charge is 0.482 e. The third-order valence-electron chi connectivity index (χ3n) is 4.49. The van der Waals surface area contributed by atoms with Crippen molar-refractivity contribution in [2.75, 3.05) is 23.1 Å². The van der Waals surface area contributed by atoms with E-state index < -0.39 is 5.91 Å². The van der Waals surface area contributed by atoms with E-state index in [4.69, 9.17) is 33.7 Å². The first-order valence-electron chi connectivity index (χ1n) is 10.1. The van der Waals surface area contributed by atoms with Gasteiger partial charge in [0.05, 0.1) is 5.02 Å². The van der Waals surface area contributed by atoms with Gasteiger partial charge in [0.25, 0.3) is 5.91 Å². The second-order valence-electron chi connectivity index (χ2n) is 6.95. The van der Waals surface area contributed by atoms with Crippen molar-refractivity contribution in [3.63, 3.8) is 0 Å². The molecule has 10 heteroatoms. The van der Waals surface area contributed by atoms with Gasteiger partial charge >= 0.3 is 0 Å². The fraction of sp³-hybridized carbons (Fsp3) is 0.227. The summed E-state index contributed by atoms with van der Waals surface area (Å²) in [4.78, 5) is 20.3. The predicted molar refractivity (Wildman–Crippen MR) is 129 cm³/mol. The molecule has 0 saturated carbocycles. The van der Waals surface area contributed by atoms with Crippen LogP contribution >= 0.6 is 23.2 Å². The molecular formula is C22H24Cl2N6O2. The van der Waals surface area contributed by atoms with E-state index >= 15 is 0 Å². The number of anilines is 4. The number of hydrazine groups is 1. The Morgan fingerprint density at radius 3 is 2.56 bits per heavy atom. The predicted octanol–water partition coefficient (Wildman–Crippen LogP) is 4.97. The monoisotopic (exact) mass is 474 g/mol. The molecule has 3 rings (SSSR count). The average molecular weight is 475 g/mol. The molecule has 5 N–H and O–H groups in total. The second kappa shape index (κ2) is 11.4. The Bertz CT molecular complexity index is 1060. The highest BCUT2D eigenvalue weighted by Crippen LogP contribution is 2.28. The van der Waals surface area contributed by atoms with Gasteiger partial charge in [-0.15, -0.1) is 0 Å². The molecule has 1 amide bonds. The molecule has 3 aromatic rings. The zero-order chi connectivity index (χ0) is 22.9. The van der Waals surface area contributed by atoms with Crippen LogP contribution in [0.3, 0.4) is 0 Å². The van der Waals surface area contributed by atoms with Gasteiger partial charge in [0, 0.05) is 10.7 Å². The number of ether oxygens (including phenoxy) is 1. The highest BCUT2D eigenvalue weighted by atomic mass is 35.5. The molecule has 32 heavy (non-hydrogen) atoms. The lowest BCUT2D eigenvalue weighted by molar-refractivity contribution is -0.122. The SMILES string of the molecule is CCCCc1ccc(Nc2ncnc(NNC(=O)COc3ccc(Cl)cc3Cl)c2N)cc1.